The first-order chi connectivity index (χ1) is 18.5. The van der Waals surface area contributed by atoms with Crippen molar-refractivity contribution in [3.63, 3.8) is 0 Å². The Morgan fingerprint density at radius 2 is 1.25 bits per heavy atom. The van der Waals surface area contributed by atoms with Crippen LogP contribution in [0.5, 0.6) is 0 Å². The lowest BCUT2D eigenvalue weighted by molar-refractivity contribution is -0.604. The molecular formula is C29H41B2F3N2O3S. The second-order valence-corrected chi connectivity index (χ2v) is 12.6. The zero-order valence-corrected chi connectivity index (χ0v) is 24.7. The Balaban J connectivity index is 2.40. The third kappa shape index (κ3) is 6.35. The van der Waals surface area contributed by atoms with Crippen LogP contribution in [0.4, 0.5) is 13.2 Å². The van der Waals surface area contributed by atoms with Gasteiger partial charge in [0, 0.05) is 22.3 Å². The fourth-order valence-corrected chi connectivity index (χ4v) is 5.20. The number of aromatic nitrogens is 2. The molecule has 0 spiro atoms. The number of rotatable bonds is 10. The maximum Gasteiger partial charge on any atom is 0.521 e. The Bertz CT molecular complexity index is 1320. The standard InChI is InChI=1S/C29H41B2F3N2O3S/c1-17(2)21-11-9-12-22(18(3)4)25(21)35-15-16-36(26-23(19(5)6)13-10-14-24(26)20(7)8)28(35)27(30)31-39-40(37,38)29(32,33)34/h9-20,27,31H,1-8,30H3/t27-/m0/s1. The van der Waals surface area contributed by atoms with Crippen molar-refractivity contribution in [2.75, 3.05) is 0 Å². The van der Waals surface area contributed by atoms with E-state index in [0.717, 1.165) is 39.5 Å². The highest BCUT2D eigenvalue weighted by molar-refractivity contribution is 7.88. The molecule has 0 unspecified atom stereocenters. The van der Waals surface area contributed by atoms with Gasteiger partial charge in [0.2, 0.25) is 5.82 Å². The van der Waals surface area contributed by atoms with Gasteiger partial charge in [0.15, 0.2) is 0 Å². The highest BCUT2D eigenvalue weighted by atomic mass is 32.2. The molecule has 1 atom stereocenters. The molecule has 11 heteroatoms. The van der Waals surface area contributed by atoms with E-state index >= 15 is 0 Å². The normalized spacial score (nSPS) is 13.6. The topological polar surface area (TPSA) is 52.2 Å². The number of alkyl halides is 3. The summed E-state index contributed by atoms with van der Waals surface area (Å²) in [5.41, 5.74) is 0.540. The molecule has 0 amide bonds. The van der Waals surface area contributed by atoms with Crippen molar-refractivity contribution in [3.05, 3.63) is 76.9 Å². The third-order valence-electron chi connectivity index (χ3n) is 6.80. The number of hydrogen-bond donors (Lipinski definition) is 0. The minimum atomic E-state index is -5.70. The molecule has 0 fully saturated rings. The average molecular weight is 576 g/mol. The molecule has 3 aromatic rings. The van der Waals surface area contributed by atoms with Gasteiger partial charge < -0.3 is 4.10 Å². The quantitative estimate of drug-likeness (QED) is 0.174. The number of imidazole rings is 1. The van der Waals surface area contributed by atoms with Crippen molar-refractivity contribution in [2.45, 2.75) is 90.3 Å². The number of halogens is 3. The number of nitrogens with zero attached hydrogens (tertiary/aromatic N) is 2. The lowest BCUT2D eigenvalue weighted by Crippen LogP contribution is -2.41. The molecule has 1 heterocycles. The molecule has 0 N–H and O–H groups in total. The third-order valence-corrected chi connectivity index (χ3v) is 7.81. The molecule has 1 aromatic heterocycles. The first-order valence-electron chi connectivity index (χ1n) is 13.3. The van der Waals surface area contributed by atoms with Crippen molar-refractivity contribution in [2.24, 2.45) is 0 Å². The molecule has 40 heavy (non-hydrogen) atoms. The van der Waals surface area contributed by atoms with Crippen LogP contribution in [0.1, 0.15) is 113 Å². The first kappa shape index (κ1) is 32.0. The Kier molecular flexibility index (Phi) is 9.72. The summed E-state index contributed by atoms with van der Waals surface area (Å²) in [4.78, 5) is 0. The van der Waals surface area contributed by atoms with Crippen molar-refractivity contribution < 1.29 is 30.3 Å². The van der Waals surface area contributed by atoms with E-state index in [1.54, 1.807) is 0 Å². The number of hydrogen-bond acceptors (Lipinski definition) is 3. The van der Waals surface area contributed by atoms with Crippen LogP contribution < -0.4 is 4.57 Å². The van der Waals surface area contributed by atoms with Gasteiger partial charge in [-0.3, -0.25) is 0 Å². The van der Waals surface area contributed by atoms with Crippen molar-refractivity contribution in [3.8, 4) is 11.4 Å². The van der Waals surface area contributed by atoms with Crippen LogP contribution in [0.25, 0.3) is 11.4 Å². The lowest BCUT2D eigenvalue weighted by atomic mass is 9.65. The summed E-state index contributed by atoms with van der Waals surface area (Å²) in [5, 5.41) is 0. The maximum absolute atomic E-state index is 13.2. The van der Waals surface area contributed by atoms with E-state index in [2.05, 4.69) is 92.9 Å². The van der Waals surface area contributed by atoms with Gasteiger partial charge in [0.05, 0.1) is 0 Å². The molecule has 218 valence electrons. The Hall–Kier alpha value is -2.52. The summed E-state index contributed by atoms with van der Waals surface area (Å²) < 4.78 is 72.1. The van der Waals surface area contributed by atoms with Gasteiger partial charge in [-0.05, 0) is 31.5 Å². The molecule has 0 bridgehead atoms. The Labute approximate surface area is 238 Å². The molecule has 3 rings (SSSR count). The van der Waals surface area contributed by atoms with Gasteiger partial charge in [-0.2, -0.15) is 21.6 Å². The largest absolute Gasteiger partial charge is 0.521 e. The van der Waals surface area contributed by atoms with E-state index in [1.807, 2.05) is 24.5 Å². The fraction of sp³-hybridized carbons (Fsp3) is 0.483. The van der Waals surface area contributed by atoms with Crippen LogP contribution in [-0.2, 0) is 14.2 Å². The predicted molar refractivity (Wildman–Crippen MR) is 160 cm³/mol. The molecule has 0 radical (unpaired) electrons. The highest BCUT2D eigenvalue weighted by Crippen LogP contribution is 2.35. The van der Waals surface area contributed by atoms with Gasteiger partial charge in [0.1, 0.15) is 23.8 Å². The number of benzene rings is 2. The zero-order chi connectivity index (χ0) is 30.2. The minimum Gasteiger partial charge on any atom is -0.334 e. The van der Waals surface area contributed by atoms with E-state index in [4.69, 9.17) is 0 Å². The molecule has 0 aliphatic heterocycles. The van der Waals surface area contributed by atoms with Crippen LogP contribution in [0.2, 0.25) is 0 Å². The van der Waals surface area contributed by atoms with E-state index in [9.17, 15) is 21.6 Å². The summed E-state index contributed by atoms with van der Waals surface area (Å²) in [6, 6.07) is 12.4. The second-order valence-electron chi connectivity index (χ2n) is 11.0. The lowest BCUT2D eigenvalue weighted by Gasteiger charge is -2.22. The zero-order valence-electron chi connectivity index (χ0n) is 23.9. The van der Waals surface area contributed by atoms with Crippen molar-refractivity contribution in [1.82, 2.24) is 4.57 Å². The Morgan fingerprint density at radius 1 is 0.825 bits per heavy atom. The molecule has 0 saturated heterocycles. The molecule has 0 aliphatic carbocycles. The summed E-state index contributed by atoms with van der Waals surface area (Å²) in [6.45, 7) is 17.0. The first-order valence-corrected chi connectivity index (χ1v) is 14.7. The van der Waals surface area contributed by atoms with Gasteiger partial charge in [0.25, 0.3) is 7.48 Å². The van der Waals surface area contributed by atoms with Crippen LogP contribution in [0.3, 0.4) is 0 Å². The SMILES string of the molecule is [BH3-][C@@H](BOS(=O)(=O)C(F)(F)F)c1n(-c2c(C(C)C)cccc2C(C)C)cc[n+]1-c1c(C(C)C)cccc1C(C)C. The molecular weight excluding hydrogens is 535 g/mol. The van der Waals surface area contributed by atoms with E-state index in [0.29, 0.717) is 0 Å². The second kappa shape index (κ2) is 12.1. The minimum absolute atomic E-state index is 0.191. The van der Waals surface area contributed by atoms with Crippen LogP contribution >= 0.6 is 0 Å². The van der Waals surface area contributed by atoms with E-state index in [-0.39, 0.29) is 23.7 Å². The van der Waals surface area contributed by atoms with Gasteiger partial charge in [-0.1, -0.05) is 97.5 Å². The smallest absolute Gasteiger partial charge is 0.334 e. The molecule has 0 aliphatic rings. The number of para-hydroxylation sites is 2. The molecule has 0 saturated carbocycles. The van der Waals surface area contributed by atoms with Crippen LogP contribution in [-0.4, -0.2) is 33.8 Å². The van der Waals surface area contributed by atoms with Gasteiger partial charge in [-0.25, -0.2) is 9.13 Å². The van der Waals surface area contributed by atoms with Gasteiger partial charge >= 0.3 is 15.6 Å². The molecule has 2 aromatic carbocycles. The van der Waals surface area contributed by atoms with Crippen molar-refractivity contribution in [1.29, 1.82) is 0 Å². The van der Waals surface area contributed by atoms with Crippen LogP contribution in [0, 0.1) is 0 Å². The summed E-state index contributed by atoms with van der Waals surface area (Å²) in [6.07, 6.45) is 3.94. The average Bonchev–Trinajstić information content (AvgIpc) is 3.30. The summed E-state index contributed by atoms with van der Waals surface area (Å²) in [5.74, 6) is 1.51. The predicted octanol–water partition coefficient (Wildman–Crippen LogP) is 5.83. The monoisotopic (exact) mass is 576 g/mol. The van der Waals surface area contributed by atoms with E-state index < -0.39 is 36.7 Å². The van der Waals surface area contributed by atoms with Crippen LogP contribution in [0.15, 0.2) is 48.8 Å². The summed E-state index contributed by atoms with van der Waals surface area (Å²) in [7, 11) is -6.98. The maximum atomic E-state index is 13.2. The van der Waals surface area contributed by atoms with Crippen molar-refractivity contribution >= 4 is 25.4 Å². The Morgan fingerprint density at radius 3 is 1.65 bits per heavy atom. The summed E-state index contributed by atoms with van der Waals surface area (Å²) >= 11 is 0. The highest BCUT2D eigenvalue weighted by Gasteiger charge is 2.47. The van der Waals surface area contributed by atoms with E-state index in [1.165, 1.54) is 0 Å². The van der Waals surface area contributed by atoms with Gasteiger partial charge in [-0.15, -0.1) is 0 Å². The fourth-order valence-electron chi connectivity index (χ4n) is 4.82. The molecule has 5 nitrogen and oxygen atoms in total.